The first-order valence-corrected chi connectivity index (χ1v) is 10.9. The third-order valence-electron chi connectivity index (χ3n) is 4.85. The van der Waals surface area contributed by atoms with E-state index in [0.717, 1.165) is 29.7 Å². The lowest BCUT2D eigenvalue weighted by Crippen LogP contribution is -2.42. The predicted octanol–water partition coefficient (Wildman–Crippen LogP) is 4.93. The molecular weight excluding hydrogens is 410 g/mol. The van der Waals surface area contributed by atoms with Crippen LogP contribution in [0.5, 0.6) is 0 Å². The number of anilines is 1. The Bertz CT molecular complexity index is 958. The van der Waals surface area contributed by atoms with E-state index in [-0.39, 0.29) is 12.0 Å². The van der Waals surface area contributed by atoms with Crippen LogP contribution in [0.1, 0.15) is 66.0 Å². The summed E-state index contributed by atoms with van der Waals surface area (Å²) in [4.78, 5) is 30.6. The molecule has 1 aliphatic rings. The Morgan fingerprint density at radius 1 is 1.16 bits per heavy atom. The van der Waals surface area contributed by atoms with Gasteiger partial charge in [-0.2, -0.15) is 5.10 Å². The highest BCUT2D eigenvalue weighted by Crippen LogP contribution is 2.34. The Labute approximate surface area is 188 Å². The Kier molecular flexibility index (Phi) is 6.76. The summed E-state index contributed by atoms with van der Waals surface area (Å²) in [5.74, 6) is 0.493. The number of carbonyl (C=O) groups is 2. The zero-order chi connectivity index (χ0) is 23.5. The molecule has 32 heavy (non-hydrogen) atoms. The molecule has 2 N–H and O–H groups in total. The Balaban J connectivity index is 1.75. The van der Waals surface area contributed by atoms with Gasteiger partial charge in [0.05, 0.1) is 6.20 Å². The van der Waals surface area contributed by atoms with E-state index in [1.54, 1.807) is 44.1 Å². The fourth-order valence-electron chi connectivity index (χ4n) is 3.62. The van der Waals surface area contributed by atoms with Crippen molar-refractivity contribution < 1.29 is 19.1 Å². The molecule has 9 heteroatoms. The number of pyridine rings is 1. The minimum atomic E-state index is -0.597. The molecule has 0 spiro atoms. The highest BCUT2D eigenvalue weighted by atomic mass is 16.6. The van der Waals surface area contributed by atoms with E-state index in [0.29, 0.717) is 18.9 Å². The van der Waals surface area contributed by atoms with Gasteiger partial charge in [0, 0.05) is 36.5 Å². The molecule has 0 unspecified atom stereocenters. The van der Waals surface area contributed by atoms with Crippen LogP contribution in [0.3, 0.4) is 0 Å². The molecule has 3 heterocycles. The minimum absolute atomic E-state index is 0.101. The fourth-order valence-corrected chi connectivity index (χ4v) is 3.62. The van der Waals surface area contributed by atoms with E-state index < -0.39 is 17.3 Å². The first kappa shape index (κ1) is 23.6. The second-order valence-electron chi connectivity index (χ2n) is 10.0. The molecule has 2 aromatic heterocycles. The van der Waals surface area contributed by atoms with Gasteiger partial charge < -0.3 is 14.4 Å². The Morgan fingerprint density at radius 3 is 2.56 bits per heavy atom. The zero-order valence-corrected chi connectivity index (χ0v) is 19.7. The lowest BCUT2D eigenvalue weighted by atomic mass is 9.91. The number of rotatable bonds is 3. The summed E-state index contributed by atoms with van der Waals surface area (Å²) in [5, 5.41) is 10.0. The predicted molar refractivity (Wildman–Crippen MR) is 121 cm³/mol. The summed E-state index contributed by atoms with van der Waals surface area (Å²) in [6.07, 6.45) is 4.35. The smallest absolute Gasteiger partial charge is 0.413 e. The largest absolute Gasteiger partial charge is 0.444 e. The molecule has 1 fully saturated rings. The molecule has 1 saturated heterocycles. The van der Waals surface area contributed by atoms with Crippen molar-refractivity contribution in [3.63, 3.8) is 0 Å². The third-order valence-corrected chi connectivity index (χ3v) is 4.85. The Morgan fingerprint density at radius 2 is 1.88 bits per heavy atom. The van der Waals surface area contributed by atoms with Crippen molar-refractivity contribution in [1.82, 2.24) is 20.1 Å². The average molecular weight is 444 g/mol. The summed E-state index contributed by atoms with van der Waals surface area (Å²) in [6, 6.07) is 3.65. The van der Waals surface area contributed by atoms with Gasteiger partial charge in [0.15, 0.2) is 0 Å². The van der Waals surface area contributed by atoms with Crippen LogP contribution in [0, 0.1) is 0 Å². The van der Waals surface area contributed by atoms with Gasteiger partial charge in [0.1, 0.15) is 17.0 Å². The average Bonchev–Trinajstić information content (AvgIpc) is 3.15. The number of likely N-dealkylation sites (tertiary alicyclic amines) is 1. The van der Waals surface area contributed by atoms with Gasteiger partial charge in [-0.3, -0.25) is 10.4 Å². The SMILES string of the molecule is CC(C)(C)OC(=O)Nc1cc(-c2cn[nH]c2[C@H]2CCCN(C(=O)OC(C)(C)C)C2)ccn1. The molecule has 2 aromatic rings. The number of aromatic nitrogens is 3. The standard InChI is InChI=1S/C23H33N5O4/c1-22(2,3)31-20(29)26-18-12-15(9-10-24-18)17-13-25-27-19(17)16-8-7-11-28(14-16)21(30)32-23(4,5)6/h9-10,12-13,16H,7-8,11,14H2,1-6H3,(H,25,27)(H,24,26,29)/t16-/m0/s1. The van der Waals surface area contributed by atoms with Crippen LogP contribution in [0.2, 0.25) is 0 Å². The topological polar surface area (TPSA) is 109 Å². The number of ether oxygens (including phenoxy) is 2. The lowest BCUT2D eigenvalue weighted by molar-refractivity contribution is 0.0197. The zero-order valence-electron chi connectivity index (χ0n) is 19.7. The van der Waals surface area contributed by atoms with Gasteiger partial charge in [-0.05, 0) is 72.1 Å². The number of aromatic amines is 1. The first-order valence-electron chi connectivity index (χ1n) is 10.9. The van der Waals surface area contributed by atoms with E-state index >= 15 is 0 Å². The second kappa shape index (κ2) is 9.18. The molecule has 0 saturated carbocycles. The van der Waals surface area contributed by atoms with Crippen molar-refractivity contribution in [2.24, 2.45) is 0 Å². The normalized spacial score (nSPS) is 17.1. The summed E-state index contributed by atoms with van der Waals surface area (Å²) >= 11 is 0. The monoisotopic (exact) mass is 443 g/mol. The first-order chi connectivity index (χ1) is 14.9. The molecule has 0 aliphatic carbocycles. The Hall–Kier alpha value is -3.10. The number of nitrogens with one attached hydrogen (secondary N) is 2. The van der Waals surface area contributed by atoms with Crippen LogP contribution >= 0.6 is 0 Å². The van der Waals surface area contributed by atoms with Gasteiger partial charge in [-0.15, -0.1) is 0 Å². The quantitative estimate of drug-likeness (QED) is 0.696. The summed E-state index contributed by atoms with van der Waals surface area (Å²) < 4.78 is 10.8. The van der Waals surface area contributed by atoms with Gasteiger partial charge in [0.2, 0.25) is 0 Å². The molecular formula is C23H33N5O4. The van der Waals surface area contributed by atoms with Gasteiger partial charge >= 0.3 is 12.2 Å². The summed E-state index contributed by atoms with van der Waals surface area (Å²) in [6.45, 7) is 12.2. The van der Waals surface area contributed by atoms with Crippen molar-refractivity contribution in [3.05, 3.63) is 30.2 Å². The maximum atomic E-state index is 12.5. The van der Waals surface area contributed by atoms with Crippen LogP contribution in [0.4, 0.5) is 15.4 Å². The lowest BCUT2D eigenvalue weighted by Gasteiger charge is -2.34. The van der Waals surface area contributed by atoms with Crippen molar-refractivity contribution in [3.8, 4) is 11.1 Å². The fraction of sp³-hybridized carbons (Fsp3) is 0.565. The van der Waals surface area contributed by atoms with Crippen LogP contribution in [0.25, 0.3) is 11.1 Å². The van der Waals surface area contributed by atoms with E-state index in [4.69, 9.17) is 9.47 Å². The van der Waals surface area contributed by atoms with E-state index in [9.17, 15) is 9.59 Å². The molecule has 1 atom stereocenters. The highest BCUT2D eigenvalue weighted by Gasteiger charge is 2.30. The highest BCUT2D eigenvalue weighted by molar-refractivity contribution is 5.84. The van der Waals surface area contributed by atoms with Crippen molar-refractivity contribution in [2.75, 3.05) is 18.4 Å². The maximum Gasteiger partial charge on any atom is 0.413 e. The number of hydrogen-bond donors (Lipinski definition) is 2. The van der Waals surface area contributed by atoms with Crippen LogP contribution in [0.15, 0.2) is 24.5 Å². The van der Waals surface area contributed by atoms with Gasteiger partial charge in [-0.25, -0.2) is 14.6 Å². The maximum absolute atomic E-state index is 12.5. The summed E-state index contributed by atoms with van der Waals surface area (Å²) in [7, 11) is 0. The molecule has 9 nitrogen and oxygen atoms in total. The van der Waals surface area contributed by atoms with E-state index in [2.05, 4.69) is 20.5 Å². The van der Waals surface area contributed by atoms with E-state index in [1.807, 2.05) is 26.8 Å². The molecule has 2 amide bonds. The second-order valence-corrected chi connectivity index (χ2v) is 10.0. The van der Waals surface area contributed by atoms with Gasteiger partial charge in [-0.1, -0.05) is 0 Å². The molecule has 174 valence electrons. The summed E-state index contributed by atoms with van der Waals surface area (Å²) in [5.41, 5.74) is 1.60. The number of carbonyl (C=O) groups excluding carboxylic acids is 2. The number of hydrogen-bond acceptors (Lipinski definition) is 6. The van der Waals surface area contributed by atoms with E-state index in [1.165, 1.54) is 0 Å². The van der Waals surface area contributed by atoms with Crippen molar-refractivity contribution >= 4 is 18.0 Å². The van der Waals surface area contributed by atoms with Crippen molar-refractivity contribution in [1.29, 1.82) is 0 Å². The third kappa shape index (κ3) is 6.45. The number of amides is 2. The number of nitrogens with zero attached hydrogens (tertiary/aromatic N) is 3. The minimum Gasteiger partial charge on any atom is -0.444 e. The van der Waals surface area contributed by atoms with Crippen LogP contribution in [-0.2, 0) is 9.47 Å². The molecule has 1 aliphatic heterocycles. The number of piperidine rings is 1. The van der Waals surface area contributed by atoms with Crippen LogP contribution < -0.4 is 5.32 Å². The number of H-pyrrole nitrogens is 1. The molecule has 0 aromatic carbocycles. The molecule has 0 radical (unpaired) electrons. The van der Waals surface area contributed by atoms with Gasteiger partial charge in [0.25, 0.3) is 0 Å². The van der Waals surface area contributed by atoms with Crippen molar-refractivity contribution in [2.45, 2.75) is 71.5 Å². The van der Waals surface area contributed by atoms with Crippen LogP contribution in [-0.4, -0.2) is 56.6 Å². The molecule has 0 bridgehead atoms. The molecule has 3 rings (SSSR count).